The van der Waals surface area contributed by atoms with Crippen LogP contribution in [0.2, 0.25) is 0 Å². The van der Waals surface area contributed by atoms with Crippen LogP contribution in [0, 0.1) is 5.92 Å². The molecule has 0 radical (unpaired) electrons. The van der Waals surface area contributed by atoms with E-state index in [1.807, 2.05) is 13.8 Å². The first-order chi connectivity index (χ1) is 5.04. The van der Waals surface area contributed by atoms with Crippen LogP contribution in [0.25, 0.3) is 0 Å². The second-order valence-corrected chi connectivity index (χ2v) is 2.89. The molecule has 0 aliphatic carbocycles. The summed E-state index contributed by atoms with van der Waals surface area (Å²) in [4.78, 5) is 10.4. The molecule has 3 nitrogen and oxygen atoms in total. The van der Waals surface area contributed by atoms with Crippen LogP contribution in [-0.2, 0) is 9.53 Å². The average molecular weight is 157 g/mol. The van der Waals surface area contributed by atoms with Crippen molar-refractivity contribution in [2.24, 2.45) is 11.7 Å². The summed E-state index contributed by atoms with van der Waals surface area (Å²) in [5.41, 5.74) is 5.42. The van der Waals surface area contributed by atoms with Crippen LogP contribution in [-0.4, -0.2) is 12.5 Å². The monoisotopic (exact) mass is 157 g/mol. The lowest BCUT2D eigenvalue weighted by atomic mass is 10.2. The van der Waals surface area contributed by atoms with Crippen molar-refractivity contribution in [2.75, 3.05) is 6.61 Å². The first-order valence-electron chi connectivity index (χ1n) is 3.62. The number of carbonyl (C=O) groups excluding carboxylic acids is 1. The first kappa shape index (κ1) is 10.0. The van der Waals surface area contributed by atoms with Gasteiger partial charge < -0.3 is 10.5 Å². The number of rotatable bonds is 4. The highest BCUT2D eigenvalue weighted by atomic mass is 16.5. The molecule has 0 aromatic heterocycles. The fourth-order valence-corrected chi connectivity index (χ4v) is 0.424. The predicted octanol–water partition coefficient (Wildman–Crippen LogP) is 1.05. The van der Waals surface area contributed by atoms with Gasteiger partial charge in [-0.25, -0.2) is 0 Å². The minimum absolute atomic E-state index is 0.436. The normalized spacial score (nSPS) is 11.8. The zero-order valence-electron chi connectivity index (χ0n) is 7.26. The molecule has 0 saturated carbocycles. The summed E-state index contributed by atoms with van der Waals surface area (Å²) in [7, 11) is 0. The summed E-state index contributed by atoms with van der Waals surface area (Å²) < 4.78 is 5.06. The van der Waals surface area contributed by atoms with Gasteiger partial charge >= 0.3 is 0 Å². The van der Waals surface area contributed by atoms with Crippen molar-refractivity contribution in [3.05, 3.63) is 11.8 Å². The molecule has 0 aromatic rings. The van der Waals surface area contributed by atoms with Gasteiger partial charge in [0.05, 0.1) is 12.9 Å². The summed E-state index contributed by atoms with van der Waals surface area (Å²) in [5, 5.41) is 0. The highest BCUT2D eigenvalue weighted by Gasteiger charge is 1.96. The van der Waals surface area contributed by atoms with Crippen molar-refractivity contribution < 1.29 is 9.53 Å². The standard InChI is InChI=1S/C8H15NO2/c1-6(2)4-11-5-7(3)8(9)10/h5-6H,4H2,1-3H3,(H2,9,10). The summed E-state index contributed by atoms with van der Waals surface area (Å²) >= 11 is 0. The van der Waals surface area contributed by atoms with Crippen LogP contribution in [0.3, 0.4) is 0 Å². The number of ether oxygens (including phenoxy) is 1. The van der Waals surface area contributed by atoms with Gasteiger partial charge in [0.25, 0.3) is 0 Å². The number of hydrogen-bond donors (Lipinski definition) is 1. The minimum Gasteiger partial charge on any atom is -0.500 e. The van der Waals surface area contributed by atoms with Crippen molar-refractivity contribution in [3.63, 3.8) is 0 Å². The van der Waals surface area contributed by atoms with Crippen LogP contribution in [0.4, 0.5) is 0 Å². The molecule has 0 aliphatic heterocycles. The molecule has 0 aliphatic rings. The lowest BCUT2D eigenvalue weighted by Gasteiger charge is -2.03. The Morgan fingerprint density at radius 2 is 2.18 bits per heavy atom. The highest BCUT2D eigenvalue weighted by Crippen LogP contribution is 1.96. The van der Waals surface area contributed by atoms with Crippen molar-refractivity contribution in [3.8, 4) is 0 Å². The molecule has 0 heterocycles. The number of hydrogen-bond acceptors (Lipinski definition) is 2. The maximum Gasteiger partial charge on any atom is 0.247 e. The SMILES string of the molecule is CC(=COCC(C)C)C(N)=O. The second kappa shape index (κ2) is 4.77. The number of primary amides is 1. The lowest BCUT2D eigenvalue weighted by molar-refractivity contribution is -0.114. The van der Waals surface area contributed by atoms with E-state index < -0.39 is 5.91 Å². The maximum atomic E-state index is 10.4. The Kier molecular flexibility index (Phi) is 4.34. The zero-order chi connectivity index (χ0) is 8.85. The molecule has 0 aromatic carbocycles. The minimum atomic E-state index is -0.436. The molecule has 0 saturated heterocycles. The predicted molar refractivity (Wildman–Crippen MR) is 43.7 cm³/mol. The quantitative estimate of drug-likeness (QED) is 0.490. The Bertz CT molecular complexity index is 161. The van der Waals surface area contributed by atoms with Crippen LogP contribution in [0.15, 0.2) is 11.8 Å². The molecule has 0 fully saturated rings. The first-order valence-corrected chi connectivity index (χ1v) is 3.62. The van der Waals surface area contributed by atoms with Gasteiger partial charge in [0.1, 0.15) is 0 Å². The smallest absolute Gasteiger partial charge is 0.247 e. The Labute approximate surface area is 67.2 Å². The van der Waals surface area contributed by atoms with Crippen molar-refractivity contribution >= 4 is 5.91 Å². The molecule has 64 valence electrons. The summed E-state index contributed by atoms with van der Waals surface area (Å²) in [6.07, 6.45) is 1.41. The highest BCUT2D eigenvalue weighted by molar-refractivity contribution is 5.90. The fourth-order valence-electron chi connectivity index (χ4n) is 0.424. The molecule has 0 atom stereocenters. The Hall–Kier alpha value is -0.990. The summed E-state index contributed by atoms with van der Waals surface area (Å²) in [6.45, 7) is 6.31. The Morgan fingerprint density at radius 3 is 2.55 bits per heavy atom. The van der Waals surface area contributed by atoms with E-state index in [0.717, 1.165) is 0 Å². The van der Waals surface area contributed by atoms with Gasteiger partial charge in [-0.15, -0.1) is 0 Å². The van der Waals surface area contributed by atoms with E-state index in [1.54, 1.807) is 6.92 Å². The van der Waals surface area contributed by atoms with Gasteiger partial charge in [-0.3, -0.25) is 4.79 Å². The third-order valence-electron chi connectivity index (χ3n) is 1.08. The third kappa shape index (κ3) is 5.45. The summed E-state index contributed by atoms with van der Waals surface area (Å²) in [6, 6.07) is 0. The molecule has 1 amide bonds. The van der Waals surface area contributed by atoms with E-state index in [1.165, 1.54) is 6.26 Å². The Morgan fingerprint density at radius 1 is 1.64 bits per heavy atom. The topological polar surface area (TPSA) is 52.3 Å². The number of amides is 1. The van der Waals surface area contributed by atoms with Crippen LogP contribution < -0.4 is 5.73 Å². The number of nitrogens with two attached hydrogens (primary N) is 1. The number of carbonyl (C=O) groups is 1. The van der Waals surface area contributed by atoms with Gasteiger partial charge in [0.15, 0.2) is 0 Å². The van der Waals surface area contributed by atoms with Crippen molar-refractivity contribution in [1.82, 2.24) is 0 Å². The van der Waals surface area contributed by atoms with Gasteiger partial charge in [-0.2, -0.15) is 0 Å². The zero-order valence-corrected chi connectivity index (χ0v) is 7.26. The second-order valence-electron chi connectivity index (χ2n) is 2.89. The molecule has 3 heteroatoms. The van der Waals surface area contributed by atoms with E-state index in [9.17, 15) is 4.79 Å². The van der Waals surface area contributed by atoms with Gasteiger partial charge in [0.2, 0.25) is 5.91 Å². The molecule has 0 rings (SSSR count). The lowest BCUT2D eigenvalue weighted by Crippen LogP contribution is -2.12. The van der Waals surface area contributed by atoms with Crippen molar-refractivity contribution in [1.29, 1.82) is 0 Å². The van der Waals surface area contributed by atoms with Gasteiger partial charge in [0, 0.05) is 5.57 Å². The fraction of sp³-hybridized carbons (Fsp3) is 0.625. The van der Waals surface area contributed by atoms with Gasteiger partial charge in [-0.1, -0.05) is 13.8 Å². The Balaban J connectivity index is 3.65. The van der Waals surface area contributed by atoms with E-state index in [0.29, 0.717) is 18.1 Å². The van der Waals surface area contributed by atoms with Gasteiger partial charge in [-0.05, 0) is 12.8 Å². The average Bonchev–Trinajstić information content (AvgIpc) is 1.86. The van der Waals surface area contributed by atoms with Crippen LogP contribution in [0.1, 0.15) is 20.8 Å². The molecule has 2 N–H and O–H groups in total. The van der Waals surface area contributed by atoms with E-state index in [-0.39, 0.29) is 0 Å². The maximum absolute atomic E-state index is 10.4. The van der Waals surface area contributed by atoms with E-state index in [4.69, 9.17) is 10.5 Å². The van der Waals surface area contributed by atoms with E-state index >= 15 is 0 Å². The molecule has 0 bridgehead atoms. The molecular weight excluding hydrogens is 142 g/mol. The molecule has 0 spiro atoms. The van der Waals surface area contributed by atoms with Crippen LogP contribution >= 0.6 is 0 Å². The van der Waals surface area contributed by atoms with E-state index in [2.05, 4.69) is 0 Å². The van der Waals surface area contributed by atoms with Crippen molar-refractivity contribution in [2.45, 2.75) is 20.8 Å². The molecule has 11 heavy (non-hydrogen) atoms. The summed E-state index contributed by atoms with van der Waals surface area (Å²) in [5.74, 6) is 0.0284. The third-order valence-corrected chi connectivity index (χ3v) is 1.08. The molecular formula is C8H15NO2. The van der Waals surface area contributed by atoms with Crippen LogP contribution in [0.5, 0.6) is 0 Å². The molecule has 0 unspecified atom stereocenters. The largest absolute Gasteiger partial charge is 0.500 e.